The smallest absolute Gasteiger partial charge is 0.328 e. The fourth-order valence-corrected chi connectivity index (χ4v) is 1.36. The molecule has 14 heavy (non-hydrogen) atoms. The van der Waals surface area contributed by atoms with E-state index in [0.717, 1.165) is 0 Å². The van der Waals surface area contributed by atoms with Crippen molar-refractivity contribution in [1.29, 1.82) is 0 Å². The topological polar surface area (TPSA) is 92.8 Å². The molecular formula is C9H9NO4. The summed E-state index contributed by atoms with van der Waals surface area (Å²) in [7, 11) is 0. The summed E-state index contributed by atoms with van der Waals surface area (Å²) in [5, 5.41) is 18.4. The normalized spacial score (nSPS) is 20.1. The quantitative estimate of drug-likeness (QED) is 0.305. The highest BCUT2D eigenvalue weighted by atomic mass is 16.5. The Bertz CT molecular complexity index is 402. The van der Waals surface area contributed by atoms with Gasteiger partial charge in [0.05, 0.1) is 0 Å². The Morgan fingerprint density at radius 1 is 1.36 bits per heavy atom. The molecule has 0 spiro atoms. The Balaban J connectivity index is 2.47. The highest BCUT2D eigenvalue weighted by Crippen LogP contribution is 2.35. The van der Waals surface area contributed by atoms with Crippen molar-refractivity contribution in [3.05, 3.63) is 17.7 Å². The molecule has 1 atom stereocenters. The lowest BCUT2D eigenvalue weighted by Crippen LogP contribution is -2.39. The maximum Gasteiger partial charge on any atom is 0.328 e. The molecule has 1 aliphatic heterocycles. The number of hydrogen-bond donors (Lipinski definition) is 3. The second-order valence-electron chi connectivity index (χ2n) is 3.18. The molecule has 1 heterocycles. The van der Waals surface area contributed by atoms with Crippen molar-refractivity contribution < 1.29 is 19.7 Å². The third-order valence-electron chi connectivity index (χ3n) is 2.11. The minimum Gasteiger partial charge on any atom is -0.504 e. The molecule has 0 fully saturated rings. The molecule has 74 valence electrons. The summed E-state index contributed by atoms with van der Waals surface area (Å²) in [6.07, 6.45) is 0.308. The largest absolute Gasteiger partial charge is 0.504 e. The number of ether oxygens (including phenoxy) is 1. The Morgan fingerprint density at radius 2 is 2.00 bits per heavy atom. The summed E-state index contributed by atoms with van der Waals surface area (Å²) >= 11 is 0. The van der Waals surface area contributed by atoms with Crippen molar-refractivity contribution in [3.63, 3.8) is 0 Å². The first-order valence-electron chi connectivity index (χ1n) is 4.10. The number of benzene rings is 1. The van der Waals surface area contributed by atoms with E-state index in [0.29, 0.717) is 12.0 Å². The van der Waals surface area contributed by atoms with Gasteiger partial charge in [-0.2, -0.15) is 0 Å². The zero-order chi connectivity index (χ0) is 10.3. The van der Waals surface area contributed by atoms with Gasteiger partial charge >= 0.3 is 5.97 Å². The number of carbonyl (C=O) groups excluding carboxylic acids is 1. The van der Waals surface area contributed by atoms with Gasteiger partial charge < -0.3 is 20.7 Å². The SMILES string of the molecule is NC1Cc2cc(O)c(O)cc2OC1=O. The number of aromatic hydroxyl groups is 2. The van der Waals surface area contributed by atoms with Crippen molar-refractivity contribution in [1.82, 2.24) is 0 Å². The van der Waals surface area contributed by atoms with E-state index in [4.69, 9.17) is 15.6 Å². The van der Waals surface area contributed by atoms with Crippen LogP contribution in [0.5, 0.6) is 17.2 Å². The molecule has 2 rings (SSSR count). The summed E-state index contributed by atoms with van der Waals surface area (Å²) in [6, 6.07) is 1.84. The van der Waals surface area contributed by atoms with E-state index >= 15 is 0 Å². The van der Waals surface area contributed by atoms with E-state index in [1.54, 1.807) is 0 Å². The van der Waals surface area contributed by atoms with Crippen molar-refractivity contribution in [3.8, 4) is 17.2 Å². The van der Waals surface area contributed by atoms with Crippen LogP contribution in [0.2, 0.25) is 0 Å². The molecule has 1 unspecified atom stereocenters. The van der Waals surface area contributed by atoms with E-state index in [1.165, 1.54) is 12.1 Å². The molecule has 0 saturated heterocycles. The molecule has 0 aliphatic carbocycles. The van der Waals surface area contributed by atoms with Gasteiger partial charge in [0, 0.05) is 18.1 Å². The van der Waals surface area contributed by atoms with Crippen LogP contribution in [-0.2, 0) is 11.2 Å². The molecular weight excluding hydrogens is 186 g/mol. The molecule has 0 amide bonds. The molecule has 0 bridgehead atoms. The Kier molecular flexibility index (Phi) is 1.82. The fourth-order valence-electron chi connectivity index (χ4n) is 1.36. The molecule has 0 aromatic heterocycles. The van der Waals surface area contributed by atoms with E-state index in [-0.39, 0.29) is 17.2 Å². The first-order valence-corrected chi connectivity index (χ1v) is 4.10. The second kappa shape index (κ2) is 2.88. The Morgan fingerprint density at radius 3 is 2.71 bits per heavy atom. The van der Waals surface area contributed by atoms with Crippen LogP contribution >= 0.6 is 0 Å². The molecule has 5 nitrogen and oxygen atoms in total. The zero-order valence-corrected chi connectivity index (χ0v) is 7.23. The van der Waals surface area contributed by atoms with Crippen molar-refractivity contribution in [2.24, 2.45) is 5.73 Å². The van der Waals surface area contributed by atoms with Crippen LogP contribution in [0, 0.1) is 0 Å². The average Bonchev–Trinajstić information content (AvgIpc) is 2.11. The molecule has 5 heteroatoms. The van der Waals surface area contributed by atoms with Crippen molar-refractivity contribution in [2.75, 3.05) is 0 Å². The summed E-state index contributed by atoms with van der Waals surface area (Å²) < 4.78 is 4.84. The summed E-state index contributed by atoms with van der Waals surface area (Å²) in [6.45, 7) is 0. The number of phenolic OH excluding ortho intramolecular Hbond substituents is 2. The number of hydrogen-bond acceptors (Lipinski definition) is 5. The van der Waals surface area contributed by atoms with Crippen LogP contribution in [0.15, 0.2) is 12.1 Å². The van der Waals surface area contributed by atoms with Gasteiger partial charge in [-0.15, -0.1) is 0 Å². The monoisotopic (exact) mass is 195 g/mol. The molecule has 0 radical (unpaired) electrons. The maximum atomic E-state index is 11.1. The van der Waals surface area contributed by atoms with Crippen LogP contribution in [0.25, 0.3) is 0 Å². The minimum atomic E-state index is -0.702. The van der Waals surface area contributed by atoms with Gasteiger partial charge in [-0.05, 0) is 6.07 Å². The van der Waals surface area contributed by atoms with Crippen LogP contribution in [0.1, 0.15) is 5.56 Å². The third kappa shape index (κ3) is 1.27. The van der Waals surface area contributed by atoms with E-state index in [2.05, 4.69) is 0 Å². The predicted octanol–water partition coefficient (Wildman–Crippen LogP) is -0.113. The lowest BCUT2D eigenvalue weighted by atomic mass is 10.0. The van der Waals surface area contributed by atoms with Gasteiger partial charge in [-0.1, -0.05) is 0 Å². The third-order valence-corrected chi connectivity index (χ3v) is 2.11. The highest BCUT2D eigenvalue weighted by Gasteiger charge is 2.26. The minimum absolute atomic E-state index is 0.242. The van der Waals surface area contributed by atoms with E-state index < -0.39 is 12.0 Å². The van der Waals surface area contributed by atoms with E-state index in [1.807, 2.05) is 0 Å². The Hall–Kier alpha value is -1.75. The summed E-state index contributed by atoms with van der Waals surface area (Å²) in [5.41, 5.74) is 6.08. The maximum absolute atomic E-state index is 11.1. The van der Waals surface area contributed by atoms with Crippen molar-refractivity contribution in [2.45, 2.75) is 12.5 Å². The van der Waals surface area contributed by atoms with Gasteiger partial charge in [0.25, 0.3) is 0 Å². The lowest BCUT2D eigenvalue weighted by Gasteiger charge is -2.20. The van der Waals surface area contributed by atoms with Gasteiger partial charge in [-0.25, -0.2) is 4.79 Å². The number of rotatable bonds is 0. The van der Waals surface area contributed by atoms with Gasteiger partial charge in [0.1, 0.15) is 11.8 Å². The van der Waals surface area contributed by atoms with Gasteiger partial charge in [0.2, 0.25) is 0 Å². The summed E-state index contributed by atoms with van der Waals surface area (Å²) in [5.74, 6) is -0.824. The van der Waals surface area contributed by atoms with Crippen LogP contribution in [-0.4, -0.2) is 22.2 Å². The predicted molar refractivity (Wildman–Crippen MR) is 47.1 cm³/mol. The number of nitrogens with two attached hydrogens (primary N) is 1. The first-order chi connectivity index (χ1) is 6.58. The number of fused-ring (bicyclic) bond motifs is 1. The molecule has 1 aromatic carbocycles. The average molecular weight is 195 g/mol. The van der Waals surface area contributed by atoms with Gasteiger partial charge in [-0.3, -0.25) is 0 Å². The van der Waals surface area contributed by atoms with Crippen LogP contribution in [0.3, 0.4) is 0 Å². The van der Waals surface area contributed by atoms with Gasteiger partial charge in [0.15, 0.2) is 11.5 Å². The number of carbonyl (C=O) groups is 1. The molecule has 1 aliphatic rings. The molecule has 4 N–H and O–H groups in total. The summed E-state index contributed by atoms with van der Waals surface area (Å²) in [4.78, 5) is 11.1. The van der Waals surface area contributed by atoms with E-state index in [9.17, 15) is 9.90 Å². The number of esters is 1. The second-order valence-corrected chi connectivity index (χ2v) is 3.18. The number of phenols is 2. The Labute approximate surface area is 79.7 Å². The standard InChI is InChI=1S/C9H9NO4/c10-5-1-4-2-6(11)7(12)3-8(4)14-9(5)13/h2-3,5,11-12H,1,10H2. The molecule has 0 saturated carbocycles. The van der Waals surface area contributed by atoms with Crippen LogP contribution in [0.4, 0.5) is 0 Å². The lowest BCUT2D eigenvalue weighted by molar-refractivity contribution is -0.136. The van der Waals surface area contributed by atoms with Crippen LogP contribution < -0.4 is 10.5 Å². The van der Waals surface area contributed by atoms with Crippen molar-refractivity contribution >= 4 is 5.97 Å². The first kappa shape index (κ1) is 8.83. The zero-order valence-electron chi connectivity index (χ0n) is 7.23. The molecule has 1 aromatic rings. The highest BCUT2D eigenvalue weighted by molar-refractivity contribution is 5.81. The fraction of sp³-hybridized carbons (Fsp3) is 0.222.